The molecular formula is C17H24N2O2. The monoisotopic (exact) mass is 288 g/mol. The summed E-state index contributed by atoms with van der Waals surface area (Å²) in [6.07, 6.45) is 0.624. The van der Waals surface area contributed by atoms with Gasteiger partial charge in [-0.25, -0.2) is 4.98 Å². The van der Waals surface area contributed by atoms with Crippen molar-refractivity contribution < 1.29 is 9.53 Å². The number of hydrogen-bond acceptors (Lipinski definition) is 3. The normalized spacial score (nSPS) is 12.8. The fraction of sp³-hybridized carbons (Fsp3) is 0.529. The number of para-hydroxylation sites is 2. The summed E-state index contributed by atoms with van der Waals surface area (Å²) in [4.78, 5) is 16.8. The van der Waals surface area contributed by atoms with E-state index in [1.807, 2.05) is 25.1 Å². The van der Waals surface area contributed by atoms with Crippen molar-refractivity contribution in [1.29, 1.82) is 0 Å². The second kappa shape index (κ2) is 6.74. The maximum absolute atomic E-state index is 12.1. The summed E-state index contributed by atoms with van der Waals surface area (Å²) >= 11 is 0. The summed E-state index contributed by atoms with van der Waals surface area (Å²) in [7, 11) is 0. The zero-order chi connectivity index (χ0) is 15.4. The molecule has 0 spiro atoms. The molecule has 0 aliphatic carbocycles. The molecule has 4 heteroatoms. The first-order valence-corrected chi connectivity index (χ1v) is 7.69. The first-order chi connectivity index (χ1) is 10.1. The number of benzene rings is 1. The van der Waals surface area contributed by atoms with E-state index in [0.29, 0.717) is 13.0 Å². The van der Waals surface area contributed by atoms with Crippen LogP contribution in [0.5, 0.6) is 0 Å². The van der Waals surface area contributed by atoms with E-state index in [4.69, 9.17) is 9.72 Å². The number of imidazole rings is 1. The van der Waals surface area contributed by atoms with Gasteiger partial charge in [0, 0.05) is 13.0 Å². The van der Waals surface area contributed by atoms with Gasteiger partial charge in [-0.15, -0.1) is 0 Å². The Balaban J connectivity index is 2.34. The third kappa shape index (κ3) is 3.26. The summed E-state index contributed by atoms with van der Waals surface area (Å²) in [5.74, 6) is 0.925. The van der Waals surface area contributed by atoms with Gasteiger partial charge in [0.1, 0.15) is 5.82 Å². The molecule has 0 bridgehead atoms. The first-order valence-electron chi connectivity index (χ1n) is 7.69. The van der Waals surface area contributed by atoms with Crippen LogP contribution < -0.4 is 0 Å². The first kappa shape index (κ1) is 15.5. The average molecular weight is 288 g/mol. The highest BCUT2D eigenvalue weighted by atomic mass is 16.5. The number of hydrogen-bond donors (Lipinski definition) is 0. The van der Waals surface area contributed by atoms with Gasteiger partial charge in [0.25, 0.3) is 0 Å². The molecule has 1 aromatic carbocycles. The SMILES string of the molecule is CCOC(=O)C(Cc1nc2ccccc2n1CC)C(C)C. The van der Waals surface area contributed by atoms with E-state index in [0.717, 1.165) is 23.4 Å². The van der Waals surface area contributed by atoms with E-state index in [2.05, 4.69) is 31.4 Å². The predicted molar refractivity (Wildman–Crippen MR) is 84.1 cm³/mol. The molecule has 4 nitrogen and oxygen atoms in total. The Morgan fingerprint density at radius 1 is 1.29 bits per heavy atom. The molecule has 0 radical (unpaired) electrons. The molecule has 114 valence electrons. The largest absolute Gasteiger partial charge is 0.466 e. The van der Waals surface area contributed by atoms with Crippen LogP contribution in [0.15, 0.2) is 24.3 Å². The van der Waals surface area contributed by atoms with E-state index >= 15 is 0 Å². The lowest BCUT2D eigenvalue weighted by Gasteiger charge is -2.19. The predicted octanol–water partition coefficient (Wildman–Crippen LogP) is 3.43. The minimum Gasteiger partial charge on any atom is -0.466 e. The maximum atomic E-state index is 12.1. The Morgan fingerprint density at radius 3 is 2.62 bits per heavy atom. The summed E-state index contributed by atoms with van der Waals surface area (Å²) in [6, 6.07) is 8.10. The van der Waals surface area contributed by atoms with Crippen molar-refractivity contribution in [2.45, 2.75) is 40.7 Å². The molecule has 1 unspecified atom stereocenters. The van der Waals surface area contributed by atoms with Crippen molar-refractivity contribution in [2.75, 3.05) is 6.61 Å². The summed E-state index contributed by atoms with van der Waals surface area (Å²) in [5, 5.41) is 0. The molecule has 0 aliphatic heterocycles. The zero-order valence-corrected chi connectivity index (χ0v) is 13.3. The van der Waals surface area contributed by atoms with Crippen LogP contribution >= 0.6 is 0 Å². The minimum absolute atomic E-state index is 0.123. The summed E-state index contributed by atoms with van der Waals surface area (Å²) < 4.78 is 7.39. The number of aryl methyl sites for hydroxylation is 1. The Bertz CT molecular complexity index is 616. The third-order valence-corrected chi connectivity index (χ3v) is 3.85. The fourth-order valence-corrected chi connectivity index (χ4v) is 2.67. The van der Waals surface area contributed by atoms with Crippen molar-refractivity contribution in [1.82, 2.24) is 9.55 Å². The number of esters is 1. The van der Waals surface area contributed by atoms with Gasteiger partial charge in [0.05, 0.1) is 23.6 Å². The molecule has 0 amide bonds. The molecule has 0 aliphatic rings. The van der Waals surface area contributed by atoms with Crippen LogP contribution in [-0.4, -0.2) is 22.1 Å². The maximum Gasteiger partial charge on any atom is 0.309 e. The van der Waals surface area contributed by atoms with Gasteiger partial charge < -0.3 is 9.30 Å². The molecule has 0 N–H and O–H groups in total. The van der Waals surface area contributed by atoms with E-state index in [-0.39, 0.29) is 17.8 Å². The van der Waals surface area contributed by atoms with E-state index < -0.39 is 0 Å². The van der Waals surface area contributed by atoms with Crippen LogP contribution in [0.25, 0.3) is 11.0 Å². The average Bonchev–Trinajstić information content (AvgIpc) is 2.81. The van der Waals surface area contributed by atoms with Crippen molar-refractivity contribution in [3.05, 3.63) is 30.1 Å². The molecule has 1 aromatic heterocycles. The second-order valence-corrected chi connectivity index (χ2v) is 5.57. The van der Waals surface area contributed by atoms with Crippen LogP contribution in [0.4, 0.5) is 0 Å². The van der Waals surface area contributed by atoms with E-state index in [9.17, 15) is 4.79 Å². The van der Waals surface area contributed by atoms with Gasteiger partial charge in [0.15, 0.2) is 0 Å². The van der Waals surface area contributed by atoms with E-state index in [1.165, 1.54) is 0 Å². The van der Waals surface area contributed by atoms with Crippen LogP contribution in [0.2, 0.25) is 0 Å². The van der Waals surface area contributed by atoms with Crippen molar-refractivity contribution >= 4 is 17.0 Å². The number of rotatable bonds is 6. The van der Waals surface area contributed by atoms with Crippen LogP contribution in [0, 0.1) is 11.8 Å². The highest BCUT2D eigenvalue weighted by Crippen LogP contribution is 2.22. The van der Waals surface area contributed by atoms with Gasteiger partial charge in [-0.2, -0.15) is 0 Å². The van der Waals surface area contributed by atoms with Crippen molar-refractivity contribution in [3.8, 4) is 0 Å². The third-order valence-electron chi connectivity index (χ3n) is 3.85. The zero-order valence-electron chi connectivity index (χ0n) is 13.3. The molecule has 1 atom stereocenters. The number of aromatic nitrogens is 2. The van der Waals surface area contributed by atoms with Gasteiger partial charge in [-0.3, -0.25) is 4.79 Å². The second-order valence-electron chi connectivity index (χ2n) is 5.57. The lowest BCUT2D eigenvalue weighted by molar-refractivity contribution is -0.149. The molecule has 2 rings (SSSR count). The quantitative estimate of drug-likeness (QED) is 0.765. The summed E-state index contributed by atoms with van der Waals surface area (Å²) in [5.41, 5.74) is 2.11. The van der Waals surface area contributed by atoms with Gasteiger partial charge in [-0.05, 0) is 31.9 Å². The highest BCUT2D eigenvalue weighted by molar-refractivity contribution is 5.76. The Labute approximate surface area is 126 Å². The Morgan fingerprint density at radius 2 is 2.00 bits per heavy atom. The lowest BCUT2D eigenvalue weighted by Crippen LogP contribution is -2.26. The number of ether oxygens (including phenoxy) is 1. The van der Waals surface area contributed by atoms with Crippen molar-refractivity contribution in [3.63, 3.8) is 0 Å². The van der Waals surface area contributed by atoms with Crippen LogP contribution in [-0.2, 0) is 22.5 Å². The number of carbonyl (C=O) groups is 1. The number of fused-ring (bicyclic) bond motifs is 1. The molecular weight excluding hydrogens is 264 g/mol. The number of nitrogens with zero attached hydrogens (tertiary/aromatic N) is 2. The van der Waals surface area contributed by atoms with Crippen LogP contribution in [0.1, 0.15) is 33.5 Å². The molecule has 21 heavy (non-hydrogen) atoms. The van der Waals surface area contributed by atoms with Gasteiger partial charge in [0.2, 0.25) is 0 Å². The number of carbonyl (C=O) groups excluding carboxylic acids is 1. The molecule has 2 aromatic rings. The molecule has 0 saturated heterocycles. The van der Waals surface area contributed by atoms with Gasteiger partial charge >= 0.3 is 5.97 Å². The summed E-state index contributed by atoms with van der Waals surface area (Å²) in [6.45, 7) is 9.33. The Hall–Kier alpha value is -1.84. The van der Waals surface area contributed by atoms with Crippen molar-refractivity contribution in [2.24, 2.45) is 11.8 Å². The standard InChI is InChI=1S/C17H24N2O2/c1-5-19-15-10-8-7-9-14(15)18-16(19)11-13(12(3)4)17(20)21-6-2/h7-10,12-13H,5-6,11H2,1-4H3. The minimum atomic E-state index is -0.146. The molecule has 1 heterocycles. The fourth-order valence-electron chi connectivity index (χ4n) is 2.67. The molecule has 0 fully saturated rings. The van der Waals surface area contributed by atoms with Crippen LogP contribution in [0.3, 0.4) is 0 Å². The highest BCUT2D eigenvalue weighted by Gasteiger charge is 2.26. The molecule has 0 saturated carbocycles. The Kier molecular flexibility index (Phi) is 4.99. The topological polar surface area (TPSA) is 44.1 Å². The smallest absolute Gasteiger partial charge is 0.309 e. The van der Waals surface area contributed by atoms with Gasteiger partial charge in [-0.1, -0.05) is 26.0 Å². The van der Waals surface area contributed by atoms with E-state index in [1.54, 1.807) is 0 Å². The lowest BCUT2D eigenvalue weighted by atomic mass is 9.92.